The first-order chi connectivity index (χ1) is 14.5. The molecule has 2 aromatic rings. The van der Waals surface area contributed by atoms with Crippen LogP contribution in [0.4, 0.5) is 14.6 Å². The van der Waals surface area contributed by atoms with Crippen molar-refractivity contribution in [3.05, 3.63) is 34.2 Å². The van der Waals surface area contributed by atoms with Gasteiger partial charge in [0.1, 0.15) is 11.3 Å². The second kappa shape index (κ2) is 8.28. The summed E-state index contributed by atoms with van der Waals surface area (Å²) in [5, 5.41) is 4.55. The number of halogens is 3. The highest BCUT2D eigenvalue weighted by Crippen LogP contribution is 2.37. The third kappa shape index (κ3) is 3.54. The van der Waals surface area contributed by atoms with Crippen LogP contribution in [0.25, 0.3) is 23.5 Å². The van der Waals surface area contributed by atoms with Gasteiger partial charge in [0, 0.05) is 42.9 Å². The van der Waals surface area contributed by atoms with Crippen molar-refractivity contribution in [3.63, 3.8) is 0 Å². The fourth-order valence-corrected chi connectivity index (χ4v) is 4.00. The lowest BCUT2D eigenvalue weighted by Gasteiger charge is -2.22. The Morgan fingerprint density at radius 3 is 2.43 bits per heavy atom. The van der Waals surface area contributed by atoms with Gasteiger partial charge in [-0.2, -0.15) is 0 Å². The molecule has 1 N–H and O–H groups in total. The lowest BCUT2D eigenvalue weighted by Crippen LogP contribution is -2.41. The van der Waals surface area contributed by atoms with Gasteiger partial charge in [-0.1, -0.05) is 11.6 Å². The van der Waals surface area contributed by atoms with Gasteiger partial charge in [-0.3, -0.25) is 0 Å². The average Bonchev–Trinajstić information content (AvgIpc) is 3.23. The van der Waals surface area contributed by atoms with Gasteiger partial charge in [-0.15, -0.1) is 0 Å². The molecule has 2 aliphatic rings. The van der Waals surface area contributed by atoms with Gasteiger partial charge in [0.05, 0.1) is 31.6 Å². The van der Waals surface area contributed by atoms with E-state index in [1.165, 1.54) is 20.3 Å². The molecule has 0 bridgehead atoms. The number of hydrogen-bond acceptors (Lipinski definition) is 6. The first-order valence-electron chi connectivity index (χ1n) is 9.48. The summed E-state index contributed by atoms with van der Waals surface area (Å²) >= 11 is 6.24. The van der Waals surface area contributed by atoms with Crippen LogP contribution in [-0.2, 0) is 4.74 Å². The van der Waals surface area contributed by atoms with E-state index in [0.29, 0.717) is 18.9 Å². The number of pyridine rings is 1. The number of ether oxygens (including phenoxy) is 3. The molecular weight excluding hydrogens is 416 g/mol. The van der Waals surface area contributed by atoms with E-state index in [1.54, 1.807) is 19.4 Å². The molecule has 1 aromatic heterocycles. The molecule has 1 fully saturated rings. The highest BCUT2D eigenvalue weighted by atomic mass is 35.5. The summed E-state index contributed by atoms with van der Waals surface area (Å²) < 4.78 is 45.8. The second-order valence-electron chi connectivity index (χ2n) is 7.09. The standard InChI is InChI=1S/C21H22ClF2N3O3/c1-28-12-4-5-27(10-12)21-13-7-17(22)25-9-11(13)6-14(26-21)18-19(23)15(29-2)8-16(30-3)20(18)24/h6-9,12,17,25H,4-5,10H2,1-3H3. The van der Waals surface area contributed by atoms with E-state index in [9.17, 15) is 0 Å². The Morgan fingerprint density at radius 1 is 1.13 bits per heavy atom. The van der Waals surface area contributed by atoms with E-state index in [4.69, 9.17) is 25.8 Å². The molecule has 0 spiro atoms. The first-order valence-corrected chi connectivity index (χ1v) is 9.91. The molecule has 0 amide bonds. The Kier molecular flexibility index (Phi) is 5.71. The number of anilines is 1. The summed E-state index contributed by atoms with van der Waals surface area (Å²) in [4.78, 5) is 6.70. The van der Waals surface area contributed by atoms with E-state index in [0.717, 1.165) is 16.9 Å². The molecular formula is C21H22ClF2N3O3. The van der Waals surface area contributed by atoms with Gasteiger partial charge in [0.15, 0.2) is 23.1 Å². The highest BCUT2D eigenvalue weighted by Gasteiger charge is 2.27. The van der Waals surface area contributed by atoms with Gasteiger partial charge < -0.3 is 24.4 Å². The molecule has 9 heteroatoms. The molecule has 0 saturated carbocycles. The minimum absolute atomic E-state index is 0.0639. The molecule has 2 atom stereocenters. The van der Waals surface area contributed by atoms with E-state index in [2.05, 4.69) is 10.3 Å². The minimum Gasteiger partial charge on any atom is -0.494 e. The molecule has 3 heterocycles. The van der Waals surface area contributed by atoms with Crippen LogP contribution in [0, 0.1) is 11.6 Å². The van der Waals surface area contributed by atoms with Crippen LogP contribution in [0.2, 0.25) is 0 Å². The van der Waals surface area contributed by atoms with Gasteiger partial charge in [0.2, 0.25) is 0 Å². The second-order valence-corrected chi connectivity index (χ2v) is 7.56. The minimum atomic E-state index is -0.839. The zero-order chi connectivity index (χ0) is 21.4. The normalized spacial score (nSPS) is 20.1. The fourth-order valence-electron chi connectivity index (χ4n) is 3.81. The quantitative estimate of drug-likeness (QED) is 0.570. The number of nitrogens with zero attached hydrogens (tertiary/aromatic N) is 2. The lowest BCUT2D eigenvalue weighted by molar-refractivity contribution is 0.121. The van der Waals surface area contributed by atoms with Crippen molar-refractivity contribution in [1.29, 1.82) is 0 Å². The Balaban J connectivity index is 1.96. The van der Waals surface area contributed by atoms with Crippen molar-refractivity contribution in [2.45, 2.75) is 18.0 Å². The van der Waals surface area contributed by atoms with Crippen molar-refractivity contribution >= 4 is 29.7 Å². The van der Waals surface area contributed by atoms with Crippen LogP contribution in [-0.4, -0.2) is 51.0 Å². The van der Waals surface area contributed by atoms with Crippen LogP contribution in [0.1, 0.15) is 6.42 Å². The summed E-state index contributed by atoms with van der Waals surface area (Å²) in [6.45, 7) is 1.34. The molecule has 6 nitrogen and oxygen atoms in total. The molecule has 0 radical (unpaired) electrons. The largest absolute Gasteiger partial charge is 0.494 e. The van der Waals surface area contributed by atoms with Crippen LogP contribution in [0.5, 0.6) is 11.5 Å². The van der Waals surface area contributed by atoms with Crippen LogP contribution < -0.4 is 30.1 Å². The van der Waals surface area contributed by atoms with E-state index in [-0.39, 0.29) is 28.9 Å². The van der Waals surface area contributed by atoms with Gasteiger partial charge >= 0.3 is 0 Å². The Hall–Kier alpha value is -2.58. The molecule has 1 saturated heterocycles. The SMILES string of the molecule is COc1cc(OC)c(F)c(-c2cc3c(c(N4CCC(OC)C4)n2)=CC(Cl)NC=3)c1F. The third-order valence-electron chi connectivity index (χ3n) is 5.39. The zero-order valence-electron chi connectivity index (χ0n) is 16.8. The van der Waals surface area contributed by atoms with Crippen LogP contribution in [0.15, 0.2) is 12.1 Å². The monoisotopic (exact) mass is 437 g/mol. The smallest absolute Gasteiger partial charge is 0.177 e. The number of fused-ring (bicyclic) bond motifs is 1. The number of benzene rings is 1. The van der Waals surface area contributed by atoms with Crippen molar-refractivity contribution in [1.82, 2.24) is 10.3 Å². The number of nitrogens with one attached hydrogen (secondary N) is 1. The molecule has 0 aliphatic carbocycles. The van der Waals surface area contributed by atoms with Crippen molar-refractivity contribution in [2.75, 3.05) is 39.3 Å². The Bertz CT molecular complexity index is 1070. The first kappa shape index (κ1) is 20.7. The number of methoxy groups -OCH3 is 3. The van der Waals surface area contributed by atoms with E-state index >= 15 is 8.78 Å². The summed E-state index contributed by atoms with van der Waals surface area (Å²) in [6.07, 6.45) is 4.45. The predicted molar refractivity (Wildman–Crippen MR) is 111 cm³/mol. The summed E-state index contributed by atoms with van der Waals surface area (Å²) in [7, 11) is 4.29. The molecule has 2 unspecified atom stereocenters. The maximum atomic E-state index is 15.1. The predicted octanol–water partition coefficient (Wildman–Crippen LogP) is 1.96. The summed E-state index contributed by atoms with van der Waals surface area (Å²) in [5.41, 5.74) is -0.578. The van der Waals surface area contributed by atoms with Crippen LogP contribution in [0.3, 0.4) is 0 Å². The average molecular weight is 438 g/mol. The summed E-state index contributed by atoms with van der Waals surface area (Å²) in [6, 6.07) is 2.80. The van der Waals surface area contributed by atoms with Crippen LogP contribution >= 0.6 is 11.6 Å². The highest BCUT2D eigenvalue weighted by molar-refractivity contribution is 6.24. The van der Waals surface area contributed by atoms with E-state index < -0.39 is 17.1 Å². The maximum absolute atomic E-state index is 15.1. The van der Waals surface area contributed by atoms with Gasteiger partial charge in [-0.25, -0.2) is 13.8 Å². The lowest BCUT2D eigenvalue weighted by atomic mass is 10.1. The molecule has 4 rings (SSSR count). The van der Waals surface area contributed by atoms with Crippen molar-refractivity contribution in [3.8, 4) is 22.8 Å². The number of alkyl halides is 1. The zero-order valence-corrected chi connectivity index (χ0v) is 17.6. The third-order valence-corrected chi connectivity index (χ3v) is 5.64. The van der Waals surface area contributed by atoms with Crippen molar-refractivity contribution in [2.24, 2.45) is 0 Å². The molecule has 2 aliphatic heterocycles. The summed E-state index contributed by atoms with van der Waals surface area (Å²) in [5.74, 6) is -1.33. The fraction of sp³-hybridized carbons (Fsp3) is 0.381. The number of rotatable bonds is 5. The topological polar surface area (TPSA) is 55.9 Å². The molecule has 1 aromatic carbocycles. The Labute approximate surface area is 177 Å². The number of hydrogen-bond donors (Lipinski definition) is 1. The maximum Gasteiger partial charge on any atom is 0.177 e. The Morgan fingerprint density at radius 2 is 1.83 bits per heavy atom. The van der Waals surface area contributed by atoms with Gasteiger partial charge in [-0.05, 0) is 18.6 Å². The number of aromatic nitrogens is 1. The molecule has 160 valence electrons. The van der Waals surface area contributed by atoms with Crippen molar-refractivity contribution < 1.29 is 23.0 Å². The van der Waals surface area contributed by atoms with E-state index in [1.807, 2.05) is 11.0 Å². The van der Waals surface area contributed by atoms with Gasteiger partial charge in [0.25, 0.3) is 0 Å². The molecule has 30 heavy (non-hydrogen) atoms.